The predicted molar refractivity (Wildman–Crippen MR) is 139 cm³/mol. The van der Waals surface area contributed by atoms with Gasteiger partial charge in [0.15, 0.2) is 0 Å². The summed E-state index contributed by atoms with van der Waals surface area (Å²) in [5, 5.41) is 0. The van der Waals surface area contributed by atoms with Crippen molar-refractivity contribution >= 4 is 33.0 Å². The quantitative estimate of drug-likeness (QED) is 0.263. The van der Waals surface area contributed by atoms with E-state index in [9.17, 15) is 0 Å². The second-order valence-corrected chi connectivity index (χ2v) is 11.0. The molecule has 0 saturated carbocycles. The molecular formula is C30H26BrN. The maximum atomic E-state index is 3.70. The zero-order chi connectivity index (χ0) is 22.3. The molecule has 0 radical (unpaired) electrons. The highest BCUT2D eigenvalue weighted by Crippen LogP contribution is 2.57. The third-order valence-electron chi connectivity index (χ3n) is 7.50. The smallest absolute Gasteiger partial charge is 0.0506 e. The first-order valence-corrected chi connectivity index (χ1v) is 12.0. The van der Waals surface area contributed by atoms with Crippen molar-refractivity contribution in [3.05, 3.63) is 112 Å². The zero-order valence-corrected chi connectivity index (χ0v) is 20.5. The summed E-state index contributed by atoms with van der Waals surface area (Å²) in [7, 11) is 0. The molecule has 0 saturated heterocycles. The van der Waals surface area contributed by atoms with E-state index in [0.717, 1.165) is 4.47 Å². The van der Waals surface area contributed by atoms with Crippen LogP contribution in [0.3, 0.4) is 0 Å². The van der Waals surface area contributed by atoms with Crippen molar-refractivity contribution in [3.8, 4) is 11.1 Å². The van der Waals surface area contributed by atoms with Gasteiger partial charge in [-0.25, -0.2) is 0 Å². The monoisotopic (exact) mass is 479 g/mol. The molecule has 1 nitrogen and oxygen atoms in total. The van der Waals surface area contributed by atoms with Crippen LogP contribution >= 0.6 is 15.9 Å². The van der Waals surface area contributed by atoms with Crippen molar-refractivity contribution in [1.82, 2.24) is 0 Å². The summed E-state index contributed by atoms with van der Waals surface area (Å²) < 4.78 is 1.13. The molecule has 158 valence electrons. The highest BCUT2D eigenvalue weighted by Gasteiger charge is 2.42. The Morgan fingerprint density at radius 3 is 2.00 bits per heavy atom. The summed E-state index contributed by atoms with van der Waals surface area (Å²) in [4.78, 5) is 2.45. The van der Waals surface area contributed by atoms with Gasteiger partial charge in [0.1, 0.15) is 0 Å². The fraction of sp³-hybridized carbons (Fsp3) is 0.200. The number of para-hydroxylation sites is 2. The van der Waals surface area contributed by atoms with Crippen molar-refractivity contribution in [2.24, 2.45) is 0 Å². The van der Waals surface area contributed by atoms with E-state index in [4.69, 9.17) is 0 Å². The molecule has 0 spiro atoms. The maximum Gasteiger partial charge on any atom is 0.0506 e. The SMILES string of the molecule is CC1(C)c2ccc(Br)cc2-c2cc3c(cc21)N(c1ccccc1)c1ccccc1C3(C)C. The Morgan fingerprint density at radius 1 is 0.562 bits per heavy atom. The number of rotatable bonds is 1. The second kappa shape index (κ2) is 6.59. The minimum atomic E-state index is -0.0921. The third kappa shape index (κ3) is 2.56. The van der Waals surface area contributed by atoms with Gasteiger partial charge in [-0.15, -0.1) is 0 Å². The molecule has 4 aromatic carbocycles. The summed E-state index contributed by atoms with van der Waals surface area (Å²) in [5.74, 6) is 0. The molecule has 0 aromatic heterocycles. The first-order valence-electron chi connectivity index (χ1n) is 11.2. The molecule has 6 rings (SSSR count). The van der Waals surface area contributed by atoms with Crippen molar-refractivity contribution < 1.29 is 0 Å². The van der Waals surface area contributed by atoms with Crippen LogP contribution in [0.4, 0.5) is 17.1 Å². The van der Waals surface area contributed by atoms with E-state index >= 15 is 0 Å². The minimum absolute atomic E-state index is 0.0378. The Balaban J connectivity index is 1.70. The number of fused-ring (bicyclic) bond motifs is 5. The van der Waals surface area contributed by atoms with E-state index in [0.29, 0.717) is 0 Å². The molecule has 1 aliphatic carbocycles. The Labute approximate surface area is 198 Å². The predicted octanol–water partition coefficient (Wildman–Crippen LogP) is 8.86. The number of halogens is 1. The fourth-order valence-electron chi connectivity index (χ4n) is 5.77. The highest BCUT2D eigenvalue weighted by atomic mass is 79.9. The lowest BCUT2D eigenvalue weighted by atomic mass is 9.72. The lowest BCUT2D eigenvalue weighted by Gasteiger charge is -2.42. The van der Waals surface area contributed by atoms with Gasteiger partial charge in [-0.2, -0.15) is 0 Å². The summed E-state index contributed by atoms with van der Waals surface area (Å²) in [6.07, 6.45) is 0. The number of nitrogens with zero attached hydrogens (tertiary/aromatic N) is 1. The first-order chi connectivity index (χ1) is 15.3. The topological polar surface area (TPSA) is 3.24 Å². The highest BCUT2D eigenvalue weighted by molar-refractivity contribution is 9.10. The van der Waals surface area contributed by atoms with Crippen LogP contribution < -0.4 is 4.90 Å². The van der Waals surface area contributed by atoms with Crippen LogP contribution in [0.15, 0.2) is 89.4 Å². The van der Waals surface area contributed by atoms with Crippen molar-refractivity contribution in [3.63, 3.8) is 0 Å². The molecule has 0 atom stereocenters. The van der Waals surface area contributed by atoms with E-state index in [1.165, 1.54) is 50.4 Å². The average molecular weight is 480 g/mol. The number of anilines is 3. The summed E-state index contributed by atoms with van der Waals surface area (Å²) in [6, 6.07) is 31.3. The number of benzene rings is 4. The van der Waals surface area contributed by atoms with Crippen LogP contribution in [0.2, 0.25) is 0 Å². The van der Waals surface area contributed by atoms with Crippen LogP contribution in [0, 0.1) is 0 Å². The van der Waals surface area contributed by atoms with Gasteiger partial charge in [0.25, 0.3) is 0 Å². The first kappa shape index (κ1) is 19.8. The summed E-state index contributed by atoms with van der Waals surface area (Å²) in [5.41, 5.74) is 11.9. The van der Waals surface area contributed by atoms with Crippen molar-refractivity contribution in [2.45, 2.75) is 38.5 Å². The van der Waals surface area contributed by atoms with E-state index in [2.05, 4.69) is 133 Å². The Kier molecular flexibility index (Phi) is 4.08. The molecule has 0 N–H and O–H groups in total. The van der Waals surface area contributed by atoms with Gasteiger partial charge in [-0.1, -0.05) is 86.1 Å². The fourth-order valence-corrected chi connectivity index (χ4v) is 6.13. The molecule has 32 heavy (non-hydrogen) atoms. The van der Waals surface area contributed by atoms with E-state index < -0.39 is 0 Å². The van der Waals surface area contributed by atoms with Crippen LogP contribution in [-0.4, -0.2) is 0 Å². The zero-order valence-electron chi connectivity index (χ0n) is 18.9. The van der Waals surface area contributed by atoms with Crippen LogP contribution in [0.5, 0.6) is 0 Å². The second-order valence-electron chi connectivity index (χ2n) is 10.0. The van der Waals surface area contributed by atoms with Crippen LogP contribution in [0.1, 0.15) is 49.9 Å². The van der Waals surface area contributed by atoms with Crippen molar-refractivity contribution in [1.29, 1.82) is 0 Å². The lowest BCUT2D eigenvalue weighted by Crippen LogP contribution is -2.31. The van der Waals surface area contributed by atoms with Crippen molar-refractivity contribution in [2.75, 3.05) is 4.90 Å². The van der Waals surface area contributed by atoms with Gasteiger partial charge in [0.2, 0.25) is 0 Å². The standard InChI is InChI=1S/C30H26BrN/c1-29(2)23-15-14-19(31)16-21(23)22-17-26-28(18-25(22)29)32(20-10-6-5-7-11-20)27-13-9-8-12-24(27)30(26,3)4/h5-18H,1-4H3. The molecule has 4 aromatic rings. The molecule has 0 unspecified atom stereocenters. The lowest BCUT2D eigenvalue weighted by molar-refractivity contribution is 0.627. The minimum Gasteiger partial charge on any atom is -0.310 e. The molecule has 2 aliphatic rings. The van der Waals surface area contributed by atoms with Gasteiger partial charge in [-0.05, 0) is 75.8 Å². The van der Waals surface area contributed by atoms with Gasteiger partial charge in [0.05, 0.1) is 11.4 Å². The van der Waals surface area contributed by atoms with Crippen LogP contribution in [-0.2, 0) is 10.8 Å². The Morgan fingerprint density at radius 2 is 1.22 bits per heavy atom. The van der Waals surface area contributed by atoms with E-state index in [-0.39, 0.29) is 10.8 Å². The number of hydrogen-bond acceptors (Lipinski definition) is 1. The molecule has 1 heterocycles. The third-order valence-corrected chi connectivity index (χ3v) is 7.99. The molecule has 0 amide bonds. The normalized spacial score (nSPS) is 16.7. The van der Waals surface area contributed by atoms with E-state index in [1.807, 2.05) is 0 Å². The van der Waals surface area contributed by atoms with Gasteiger partial charge >= 0.3 is 0 Å². The molecule has 2 heteroatoms. The summed E-state index contributed by atoms with van der Waals surface area (Å²) >= 11 is 3.70. The summed E-state index contributed by atoms with van der Waals surface area (Å²) in [6.45, 7) is 9.43. The largest absolute Gasteiger partial charge is 0.310 e. The van der Waals surface area contributed by atoms with Gasteiger partial charge in [0, 0.05) is 21.0 Å². The maximum absolute atomic E-state index is 3.70. The van der Waals surface area contributed by atoms with Gasteiger partial charge in [-0.3, -0.25) is 0 Å². The molecule has 0 bridgehead atoms. The molecule has 0 fully saturated rings. The Bertz CT molecular complexity index is 1380. The van der Waals surface area contributed by atoms with E-state index in [1.54, 1.807) is 0 Å². The number of hydrogen-bond donors (Lipinski definition) is 0. The van der Waals surface area contributed by atoms with Gasteiger partial charge < -0.3 is 4.90 Å². The average Bonchev–Trinajstić information content (AvgIpc) is 3.00. The van der Waals surface area contributed by atoms with Crippen LogP contribution in [0.25, 0.3) is 11.1 Å². The molecular weight excluding hydrogens is 454 g/mol. The molecule has 1 aliphatic heterocycles. The Hall–Kier alpha value is -2.84.